The smallest absolute Gasteiger partial charge is 0.220 e. The Bertz CT molecular complexity index is 508. The molecule has 2 saturated heterocycles. The summed E-state index contributed by atoms with van der Waals surface area (Å²) < 4.78 is 24.5. The lowest BCUT2D eigenvalue weighted by Crippen LogP contribution is -2.36. The standard InChI is InChI=1S/C18H24FNO3/c19-14-7-5-13(6-8-14)18(16-4-2-12-23-16)20-17(21)10-9-15-3-1-11-22-15/h5-8,15-16,18H,1-4,9-12H2,(H,20,21)/t15-,16+,18-/m0/s1. The maximum atomic E-state index is 13.2. The second kappa shape index (κ2) is 7.88. The van der Waals surface area contributed by atoms with Crippen molar-refractivity contribution in [1.29, 1.82) is 0 Å². The van der Waals surface area contributed by atoms with Crippen molar-refractivity contribution in [3.63, 3.8) is 0 Å². The molecule has 0 bridgehead atoms. The van der Waals surface area contributed by atoms with Gasteiger partial charge in [0.05, 0.1) is 18.2 Å². The lowest BCUT2D eigenvalue weighted by molar-refractivity contribution is -0.123. The molecule has 5 heteroatoms. The molecule has 2 aliphatic heterocycles. The van der Waals surface area contributed by atoms with E-state index in [4.69, 9.17) is 9.47 Å². The molecule has 23 heavy (non-hydrogen) atoms. The predicted octanol–water partition coefficient (Wildman–Crippen LogP) is 3.12. The van der Waals surface area contributed by atoms with Crippen LogP contribution in [0.4, 0.5) is 4.39 Å². The predicted molar refractivity (Wildman–Crippen MR) is 84.5 cm³/mol. The van der Waals surface area contributed by atoms with E-state index in [0.717, 1.165) is 44.3 Å². The Labute approximate surface area is 136 Å². The topological polar surface area (TPSA) is 47.6 Å². The van der Waals surface area contributed by atoms with E-state index in [0.29, 0.717) is 13.0 Å². The van der Waals surface area contributed by atoms with Gasteiger partial charge in [-0.3, -0.25) is 4.79 Å². The summed E-state index contributed by atoms with van der Waals surface area (Å²) in [6.45, 7) is 1.52. The van der Waals surface area contributed by atoms with Gasteiger partial charge in [-0.25, -0.2) is 4.39 Å². The van der Waals surface area contributed by atoms with E-state index in [1.807, 2.05) is 0 Å². The van der Waals surface area contributed by atoms with E-state index in [1.54, 1.807) is 12.1 Å². The summed E-state index contributed by atoms with van der Waals surface area (Å²) in [6, 6.07) is 6.09. The van der Waals surface area contributed by atoms with Crippen molar-refractivity contribution >= 4 is 5.91 Å². The number of rotatable bonds is 6. The highest BCUT2D eigenvalue weighted by Crippen LogP contribution is 2.27. The summed E-state index contributed by atoms with van der Waals surface area (Å²) in [5.74, 6) is -0.269. The van der Waals surface area contributed by atoms with Gasteiger partial charge in [0, 0.05) is 19.6 Å². The van der Waals surface area contributed by atoms with Crippen molar-refractivity contribution < 1.29 is 18.7 Å². The Morgan fingerprint density at radius 2 is 1.91 bits per heavy atom. The summed E-state index contributed by atoms with van der Waals surface area (Å²) in [5, 5.41) is 3.08. The second-order valence-electron chi connectivity index (χ2n) is 6.32. The molecule has 3 rings (SSSR count). The van der Waals surface area contributed by atoms with Crippen LogP contribution >= 0.6 is 0 Å². The van der Waals surface area contributed by atoms with Crippen molar-refractivity contribution in [3.8, 4) is 0 Å². The second-order valence-corrected chi connectivity index (χ2v) is 6.32. The molecule has 0 saturated carbocycles. The van der Waals surface area contributed by atoms with E-state index >= 15 is 0 Å². The molecule has 2 fully saturated rings. The van der Waals surface area contributed by atoms with Crippen molar-refractivity contribution in [2.45, 2.75) is 56.8 Å². The normalized spacial score (nSPS) is 25.4. The maximum Gasteiger partial charge on any atom is 0.220 e. The van der Waals surface area contributed by atoms with Crippen LogP contribution in [0.25, 0.3) is 0 Å². The van der Waals surface area contributed by atoms with Crippen LogP contribution in [0.2, 0.25) is 0 Å². The van der Waals surface area contributed by atoms with Crippen LogP contribution in [-0.4, -0.2) is 31.3 Å². The number of hydrogen-bond acceptors (Lipinski definition) is 3. The third kappa shape index (κ3) is 4.52. The highest BCUT2D eigenvalue weighted by Gasteiger charge is 2.29. The molecule has 1 N–H and O–H groups in total. The molecule has 0 aliphatic carbocycles. The summed E-state index contributed by atoms with van der Waals surface area (Å²) in [7, 11) is 0. The minimum atomic E-state index is -0.274. The molecular weight excluding hydrogens is 297 g/mol. The summed E-state index contributed by atoms with van der Waals surface area (Å²) in [5.41, 5.74) is 0.892. The molecule has 3 atom stereocenters. The van der Waals surface area contributed by atoms with Crippen LogP contribution < -0.4 is 5.32 Å². The van der Waals surface area contributed by atoms with Crippen molar-refractivity contribution in [1.82, 2.24) is 5.32 Å². The minimum absolute atomic E-state index is 0.00493. The molecular formula is C18H24FNO3. The highest BCUT2D eigenvalue weighted by atomic mass is 19.1. The zero-order valence-corrected chi connectivity index (χ0v) is 13.3. The number of carbonyl (C=O) groups is 1. The maximum absolute atomic E-state index is 13.2. The molecule has 1 aromatic carbocycles. The summed E-state index contributed by atoms with van der Waals surface area (Å²) in [4.78, 5) is 12.3. The first-order chi connectivity index (χ1) is 11.2. The van der Waals surface area contributed by atoms with Gasteiger partial charge >= 0.3 is 0 Å². The Kier molecular flexibility index (Phi) is 5.62. The van der Waals surface area contributed by atoms with Crippen molar-refractivity contribution in [3.05, 3.63) is 35.6 Å². The molecule has 1 amide bonds. The Balaban J connectivity index is 1.60. The number of nitrogens with one attached hydrogen (secondary N) is 1. The molecule has 0 aromatic heterocycles. The summed E-state index contributed by atoms with van der Waals surface area (Å²) in [6.07, 6.45) is 5.42. The van der Waals surface area contributed by atoms with Gasteiger partial charge in [0.15, 0.2) is 0 Å². The van der Waals surface area contributed by atoms with Gasteiger partial charge in [0.25, 0.3) is 0 Å². The van der Waals surface area contributed by atoms with Crippen LogP contribution in [-0.2, 0) is 14.3 Å². The van der Waals surface area contributed by atoms with Crippen LogP contribution in [0.5, 0.6) is 0 Å². The van der Waals surface area contributed by atoms with Crippen LogP contribution in [0.15, 0.2) is 24.3 Å². The molecule has 4 nitrogen and oxygen atoms in total. The number of hydrogen-bond donors (Lipinski definition) is 1. The van der Waals surface area contributed by atoms with Crippen molar-refractivity contribution in [2.75, 3.05) is 13.2 Å². The molecule has 126 valence electrons. The third-order valence-electron chi connectivity index (χ3n) is 4.60. The Morgan fingerprint density at radius 3 is 2.57 bits per heavy atom. The van der Waals surface area contributed by atoms with Gasteiger partial charge in [-0.1, -0.05) is 12.1 Å². The number of ether oxygens (including phenoxy) is 2. The van der Waals surface area contributed by atoms with Gasteiger partial charge in [0.1, 0.15) is 5.82 Å². The first-order valence-electron chi connectivity index (χ1n) is 8.50. The Morgan fingerprint density at radius 1 is 1.17 bits per heavy atom. The number of benzene rings is 1. The fraction of sp³-hybridized carbons (Fsp3) is 0.611. The van der Waals surface area contributed by atoms with E-state index in [9.17, 15) is 9.18 Å². The zero-order chi connectivity index (χ0) is 16.1. The third-order valence-corrected chi connectivity index (χ3v) is 4.60. The first-order valence-corrected chi connectivity index (χ1v) is 8.50. The number of halogens is 1. The SMILES string of the molecule is O=C(CC[C@@H]1CCCO1)N[C@@H](c1ccc(F)cc1)[C@H]1CCCO1. The van der Waals surface area contributed by atoms with Gasteiger partial charge in [-0.05, 0) is 49.8 Å². The van der Waals surface area contributed by atoms with Gasteiger partial charge in [-0.2, -0.15) is 0 Å². The quantitative estimate of drug-likeness (QED) is 0.876. The zero-order valence-electron chi connectivity index (χ0n) is 13.3. The molecule has 0 unspecified atom stereocenters. The lowest BCUT2D eigenvalue weighted by atomic mass is 9.98. The molecule has 1 aromatic rings. The largest absolute Gasteiger partial charge is 0.378 e. The van der Waals surface area contributed by atoms with E-state index in [1.165, 1.54) is 12.1 Å². The molecule has 0 spiro atoms. The van der Waals surface area contributed by atoms with E-state index < -0.39 is 0 Å². The van der Waals surface area contributed by atoms with Gasteiger partial charge in [-0.15, -0.1) is 0 Å². The average molecular weight is 321 g/mol. The van der Waals surface area contributed by atoms with E-state index in [2.05, 4.69) is 5.32 Å². The number of carbonyl (C=O) groups excluding carboxylic acids is 1. The fourth-order valence-electron chi connectivity index (χ4n) is 3.34. The lowest BCUT2D eigenvalue weighted by Gasteiger charge is -2.25. The molecule has 2 aliphatic rings. The monoisotopic (exact) mass is 321 g/mol. The summed E-state index contributed by atoms with van der Waals surface area (Å²) >= 11 is 0. The van der Waals surface area contributed by atoms with Gasteiger partial charge < -0.3 is 14.8 Å². The highest BCUT2D eigenvalue weighted by molar-refractivity contribution is 5.76. The average Bonchev–Trinajstić information content (AvgIpc) is 3.25. The Hall–Kier alpha value is -1.46. The fourth-order valence-corrected chi connectivity index (χ4v) is 3.34. The number of amides is 1. The molecule has 2 heterocycles. The van der Waals surface area contributed by atoms with Gasteiger partial charge in [0.2, 0.25) is 5.91 Å². The van der Waals surface area contributed by atoms with Crippen molar-refractivity contribution in [2.24, 2.45) is 0 Å². The first kappa shape index (κ1) is 16.4. The molecule has 0 radical (unpaired) electrons. The van der Waals surface area contributed by atoms with E-state index in [-0.39, 0.29) is 30.0 Å². The minimum Gasteiger partial charge on any atom is -0.378 e. The van der Waals surface area contributed by atoms with Crippen LogP contribution in [0.1, 0.15) is 50.1 Å². The van der Waals surface area contributed by atoms with Crippen LogP contribution in [0, 0.1) is 5.82 Å². The van der Waals surface area contributed by atoms with Crippen LogP contribution in [0.3, 0.4) is 0 Å².